The van der Waals surface area contributed by atoms with Gasteiger partial charge in [0.25, 0.3) is 0 Å². The zero-order chi connectivity index (χ0) is 21.6. The second kappa shape index (κ2) is 10.3. The van der Waals surface area contributed by atoms with Crippen molar-refractivity contribution in [3.05, 3.63) is 58.7 Å². The molecule has 0 aliphatic carbocycles. The molecule has 166 valence electrons. The van der Waals surface area contributed by atoms with Crippen LogP contribution in [-0.4, -0.2) is 50.3 Å². The summed E-state index contributed by atoms with van der Waals surface area (Å²) in [6.45, 7) is 5.57. The lowest BCUT2D eigenvalue weighted by Crippen LogP contribution is -2.46. The number of guanidine groups is 1. The zero-order valence-corrected chi connectivity index (χ0v) is 19.1. The van der Waals surface area contributed by atoms with Crippen LogP contribution < -0.4 is 15.5 Å². The van der Waals surface area contributed by atoms with Crippen LogP contribution in [0.5, 0.6) is 0 Å². The molecule has 2 aliphatic rings. The van der Waals surface area contributed by atoms with E-state index >= 15 is 0 Å². The Hall–Kier alpha value is -2.31. The Morgan fingerprint density at radius 2 is 2.10 bits per heavy atom. The fraction of sp³-hybridized carbons (Fsp3) is 0.500. The molecule has 31 heavy (non-hydrogen) atoms. The maximum Gasteiger partial charge on any atom is 0.191 e. The summed E-state index contributed by atoms with van der Waals surface area (Å²) in [5.74, 6) is 2.12. The first-order chi connectivity index (χ1) is 15.1. The number of hydrogen-bond donors (Lipinski definition) is 2. The van der Waals surface area contributed by atoms with Crippen molar-refractivity contribution >= 4 is 23.4 Å². The minimum Gasteiger partial charge on any atom is -0.373 e. The lowest BCUT2D eigenvalue weighted by atomic mass is 9.89. The minimum absolute atomic E-state index is 0.133. The predicted molar refractivity (Wildman–Crippen MR) is 127 cm³/mol. The topological polar surface area (TPSA) is 61.8 Å². The van der Waals surface area contributed by atoms with E-state index in [-0.39, 0.29) is 6.10 Å². The molecule has 2 fully saturated rings. The number of aromatic nitrogens is 1. The van der Waals surface area contributed by atoms with Crippen LogP contribution in [0.2, 0.25) is 5.02 Å². The standard InChI is InChI=1S/C24H32ClN5O/c1-17-7-9-18(10-8-17)22-19(5-4-14-31-22)15-28-24(26-2)29-20-11-13-30(16-20)23-21(25)6-3-12-27-23/h3,6-10,12,19-20,22H,4-5,11,13-16H2,1-2H3,(H2,26,28,29). The molecular weight excluding hydrogens is 410 g/mol. The number of benzene rings is 1. The van der Waals surface area contributed by atoms with Crippen molar-refractivity contribution in [1.82, 2.24) is 15.6 Å². The normalized spacial score (nSPS) is 24.3. The summed E-state index contributed by atoms with van der Waals surface area (Å²) in [5.41, 5.74) is 2.54. The molecule has 1 aromatic heterocycles. The molecule has 2 saturated heterocycles. The minimum atomic E-state index is 0.133. The molecule has 7 heteroatoms. The van der Waals surface area contributed by atoms with Crippen molar-refractivity contribution in [2.75, 3.05) is 38.2 Å². The van der Waals surface area contributed by atoms with Gasteiger partial charge in [0.2, 0.25) is 0 Å². The fourth-order valence-corrected chi connectivity index (χ4v) is 4.71. The highest BCUT2D eigenvalue weighted by Gasteiger charge is 2.29. The van der Waals surface area contributed by atoms with E-state index in [1.54, 1.807) is 6.20 Å². The third-order valence-electron chi connectivity index (χ3n) is 6.17. The molecule has 0 bridgehead atoms. The van der Waals surface area contributed by atoms with Gasteiger partial charge in [0.15, 0.2) is 5.96 Å². The molecule has 2 aliphatic heterocycles. The van der Waals surface area contributed by atoms with Gasteiger partial charge in [-0.05, 0) is 43.9 Å². The van der Waals surface area contributed by atoms with Crippen LogP contribution >= 0.6 is 11.6 Å². The Morgan fingerprint density at radius 1 is 1.26 bits per heavy atom. The third kappa shape index (κ3) is 5.49. The second-order valence-corrected chi connectivity index (χ2v) is 8.85. The first kappa shape index (κ1) is 21.9. The molecule has 6 nitrogen and oxygen atoms in total. The van der Waals surface area contributed by atoms with E-state index in [1.165, 1.54) is 11.1 Å². The highest BCUT2D eigenvalue weighted by atomic mass is 35.5. The van der Waals surface area contributed by atoms with E-state index in [0.29, 0.717) is 17.0 Å². The van der Waals surface area contributed by atoms with Gasteiger partial charge in [-0.25, -0.2) is 4.98 Å². The molecule has 0 spiro atoms. The Balaban J connectivity index is 1.32. The zero-order valence-electron chi connectivity index (χ0n) is 18.4. The molecule has 4 rings (SSSR count). The highest BCUT2D eigenvalue weighted by molar-refractivity contribution is 6.32. The number of nitrogens with zero attached hydrogens (tertiary/aromatic N) is 3. The average molecular weight is 442 g/mol. The predicted octanol–water partition coefficient (Wildman–Crippen LogP) is 3.96. The second-order valence-electron chi connectivity index (χ2n) is 8.44. The number of pyridine rings is 1. The lowest BCUT2D eigenvalue weighted by Gasteiger charge is -2.33. The average Bonchev–Trinajstić information content (AvgIpc) is 3.26. The van der Waals surface area contributed by atoms with Crippen LogP contribution in [0.25, 0.3) is 0 Å². The molecule has 0 saturated carbocycles. The van der Waals surface area contributed by atoms with Crippen molar-refractivity contribution in [2.45, 2.75) is 38.3 Å². The Labute approximate surface area is 190 Å². The van der Waals surface area contributed by atoms with E-state index in [0.717, 1.165) is 57.3 Å². The van der Waals surface area contributed by atoms with Gasteiger partial charge >= 0.3 is 0 Å². The van der Waals surface area contributed by atoms with E-state index < -0.39 is 0 Å². The Bertz CT molecular complexity index is 888. The molecule has 3 heterocycles. The lowest BCUT2D eigenvalue weighted by molar-refractivity contribution is -0.0265. The smallest absolute Gasteiger partial charge is 0.191 e. The molecule has 3 unspecified atom stereocenters. The Kier molecular flexibility index (Phi) is 7.30. The van der Waals surface area contributed by atoms with Gasteiger partial charge in [-0.2, -0.15) is 0 Å². The number of halogens is 1. The summed E-state index contributed by atoms with van der Waals surface area (Å²) >= 11 is 6.32. The van der Waals surface area contributed by atoms with Gasteiger partial charge < -0.3 is 20.3 Å². The monoisotopic (exact) mass is 441 g/mol. The quantitative estimate of drug-likeness (QED) is 0.543. The van der Waals surface area contributed by atoms with Crippen molar-refractivity contribution in [3.63, 3.8) is 0 Å². The molecule has 3 atom stereocenters. The summed E-state index contributed by atoms with van der Waals surface area (Å²) in [7, 11) is 1.83. The van der Waals surface area contributed by atoms with Crippen LogP contribution in [0.15, 0.2) is 47.6 Å². The fourth-order valence-electron chi connectivity index (χ4n) is 4.47. The summed E-state index contributed by atoms with van der Waals surface area (Å²) in [5, 5.41) is 7.81. The number of anilines is 1. The van der Waals surface area contributed by atoms with E-state index in [2.05, 4.69) is 56.7 Å². The molecule has 2 N–H and O–H groups in total. The number of nitrogens with one attached hydrogen (secondary N) is 2. The van der Waals surface area contributed by atoms with E-state index in [9.17, 15) is 0 Å². The molecule has 1 aromatic carbocycles. The van der Waals surface area contributed by atoms with Gasteiger partial charge in [-0.1, -0.05) is 41.4 Å². The maximum atomic E-state index is 6.32. The van der Waals surface area contributed by atoms with Crippen LogP contribution in [0.1, 0.15) is 36.5 Å². The van der Waals surface area contributed by atoms with Gasteiger partial charge in [0.1, 0.15) is 5.82 Å². The Morgan fingerprint density at radius 3 is 2.87 bits per heavy atom. The summed E-state index contributed by atoms with van der Waals surface area (Å²) in [4.78, 5) is 11.1. The number of aliphatic imine (C=N–C) groups is 1. The van der Waals surface area contributed by atoms with Crippen molar-refractivity contribution in [3.8, 4) is 0 Å². The number of rotatable bonds is 5. The number of hydrogen-bond acceptors (Lipinski definition) is 4. The van der Waals surface area contributed by atoms with Crippen LogP contribution in [-0.2, 0) is 4.74 Å². The van der Waals surface area contributed by atoms with Gasteiger partial charge in [-0.3, -0.25) is 4.99 Å². The highest BCUT2D eigenvalue weighted by Crippen LogP contribution is 2.33. The molecular formula is C24H32ClN5O. The SMILES string of the molecule is CN=C(NCC1CCCOC1c1ccc(C)cc1)NC1CCN(c2ncccc2Cl)C1. The van der Waals surface area contributed by atoms with Gasteiger partial charge in [-0.15, -0.1) is 0 Å². The summed E-state index contributed by atoms with van der Waals surface area (Å²) in [6, 6.07) is 12.8. The maximum absolute atomic E-state index is 6.32. The van der Waals surface area contributed by atoms with Crippen molar-refractivity contribution in [1.29, 1.82) is 0 Å². The van der Waals surface area contributed by atoms with Crippen LogP contribution in [0.3, 0.4) is 0 Å². The largest absolute Gasteiger partial charge is 0.373 e. The number of ether oxygens (including phenoxy) is 1. The molecule has 0 amide bonds. The van der Waals surface area contributed by atoms with Crippen LogP contribution in [0, 0.1) is 12.8 Å². The molecule has 2 aromatic rings. The summed E-state index contributed by atoms with van der Waals surface area (Å²) < 4.78 is 6.16. The van der Waals surface area contributed by atoms with Gasteiger partial charge in [0, 0.05) is 51.4 Å². The first-order valence-corrected chi connectivity index (χ1v) is 11.5. The van der Waals surface area contributed by atoms with E-state index in [4.69, 9.17) is 16.3 Å². The number of aryl methyl sites for hydroxylation is 1. The first-order valence-electron chi connectivity index (χ1n) is 11.1. The van der Waals surface area contributed by atoms with Crippen molar-refractivity contribution in [2.24, 2.45) is 10.9 Å². The molecule has 0 radical (unpaired) electrons. The van der Waals surface area contributed by atoms with Crippen LogP contribution in [0.4, 0.5) is 5.82 Å². The van der Waals surface area contributed by atoms with Crippen molar-refractivity contribution < 1.29 is 4.74 Å². The van der Waals surface area contributed by atoms with E-state index in [1.807, 2.05) is 19.2 Å². The summed E-state index contributed by atoms with van der Waals surface area (Å²) in [6.07, 6.45) is 5.19. The third-order valence-corrected chi connectivity index (χ3v) is 6.47. The van der Waals surface area contributed by atoms with Gasteiger partial charge in [0.05, 0.1) is 11.1 Å².